The fraction of sp³-hybridized carbons (Fsp3) is 0.200. The van der Waals surface area contributed by atoms with Gasteiger partial charge in [-0.2, -0.15) is 0 Å². The Labute approximate surface area is 154 Å². The molecule has 0 aliphatic carbocycles. The minimum atomic E-state index is -0.137. The van der Waals surface area contributed by atoms with Crippen LogP contribution in [0.5, 0.6) is 0 Å². The second-order valence-electron chi connectivity index (χ2n) is 6.29. The van der Waals surface area contributed by atoms with E-state index in [9.17, 15) is 9.59 Å². The van der Waals surface area contributed by atoms with E-state index in [4.69, 9.17) is 0 Å². The lowest BCUT2D eigenvalue weighted by Crippen LogP contribution is -2.20. The summed E-state index contributed by atoms with van der Waals surface area (Å²) in [7, 11) is 0. The molecule has 128 valence electrons. The van der Waals surface area contributed by atoms with Crippen molar-refractivity contribution in [3.63, 3.8) is 0 Å². The standard InChI is InChI=1S/C20H19BrN2O2/c1-13(2)14-3-6-16(7-4-14)22-20(25)12-23-10-9-19(24)17-8-5-15(21)11-18(17)23/h3-11,13H,12H2,1-2H3,(H,22,25). The number of anilines is 1. The molecule has 0 bridgehead atoms. The molecule has 0 unspecified atom stereocenters. The van der Waals surface area contributed by atoms with Gasteiger partial charge in [-0.25, -0.2) is 0 Å². The number of carbonyl (C=O) groups excluding carboxylic acids is 1. The van der Waals surface area contributed by atoms with E-state index in [2.05, 4.69) is 35.1 Å². The lowest BCUT2D eigenvalue weighted by molar-refractivity contribution is -0.116. The van der Waals surface area contributed by atoms with Crippen LogP contribution < -0.4 is 10.7 Å². The van der Waals surface area contributed by atoms with E-state index in [1.807, 2.05) is 36.4 Å². The molecule has 0 aliphatic heterocycles. The van der Waals surface area contributed by atoms with Crippen LogP contribution in [0.3, 0.4) is 0 Å². The van der Waals surface area contributed by atoms with Crippen LogP contribution in [0.25, 0.3) is 10.9 Å². The molecule has 5 heteroatoms. The van der Waals surface area contributed by atoms with Gasteiger partial charge in [0.2, 0.25) is 5.91 Å². The maximum absolute atomic E-state index is 12.4. The number of amides is 1. The molecule has 1 aromatic heterocycles. The molecule has 0 fully saturated rings. The second kappa shape index (κ2) is 7.23. The van der Waals surface area contributed by atoms with Crippen molar-refractivity contribution in [2.24, 2.45) is 0 Å². The van der Waals surface area contributed by atoms with E-state index in [1.54, 1.807) is 16.8 Å². The number of hydrogen-bond acceptors (Lipinski definition) is 2. The Bertz CT molecular complexity index is 975. The molecule has 25 heavy (non-hydrogen) atoms. The van der Waals surface area contributed by atoms with Crippen LogP contribution in [0.1, 0.15) is 25.3 Å². The smallest absolute Gasteiger partial charge is 0.244 e. The highest BCUT2D eigenvalue weighted by molar-refractivity contribution is 9.10. The van der Waals surface area contributed by atoms with Gasteiger partial charge in [-0.15, -0.1) is 0 Å². The minimum Gasteiger partial charge on any atom is -0.338 e. The Hall–Kier alpha value is -2.40. The molecular weight excluding hydrogens is 380 g/mol. The Kier molecular flexibility index (Phi) is 5.04. The summed E-state index contributed by atoms with van der Waals surface area (Å²) in [6, 6.07) is 14.8. The van der Waals surface area contributed by atoms with Crippen molar-refractivity contribution in [3.05, 3.63) is 75.0 Å². The summed E-state index contributed by atoms with van der Waals surface area (Å²) in [6.07, 6.45) is 1.65. The van der Waals surface area contributed by atoms with E-state index in [-0.39, 0.29) is 17.9 Å². The number of halogens is 1. The summed E-state index contributed by atoms with van der Waals surface area (Å²) in [5.74, 6) is 0.318. The lowest BCUT2D eigenvalue weighted by Gasteiger charge is -2.12. The molecule has 4 nitrogen and oxygen atoms in total. The molecule has 0 saturated carbocycles. The van der Waals surface area contributed by atoms with Crippen LogP contribution in [-0.2, 0) is 11.3 Å². The predicted octanol–water partition coefficient (Wildman–Crippen LogP) is 4.53. The van der Waals surface area contributed by atoms with Crippen molar-refractivity contribution in [1.82, 2.24) is 4.57 Å². The fourth-order valence-electron chi connectivity index (χ4n) is 2.72. The monoisotopic (exact) mass is 398 g/mol. The van der Waals surface area contributed by atoms with E-state index in [1.165, 1.54) is 11.6 Å². The first-order valence-corrected chi connectivity index (χ1v) is 8.92. The third-order valence-electron chi connectivity index (χ3n) is 4.12. The number of nitrogens with one attached hydrogen (secondary N) is 1. The molecule has 0 aliphatic rings. The fourth-order valence-corrected chi connectivity index (χ4v) is 3.07. The Morgan fingerprint density at radius 1 is 1.12 bits per heavy atom. The molecular formula is C20H19BrN2O2. The van der Waals surface area contributed by atoms with Gasteiger partial charge < -0.3 is 9.88 Å². The number of pyridine rings is 1. The van der Waals surface area contributed by atoms with Crippen LogP contribution >= 0.6 is 15.9 Å². The zero-order valence-electron chi connectivity index (χ0n) is 14.1. The summed E-state index contributed by atoms with van der Waals surface area (Å²) >= 11 is 3.41. The molecule has 0 atom stereocenters. The normalized spacial score (nSPS) is 11.0. The molecule has 0 spiro atoms. The first-order valence-electron chi connectivity index (χ1n) is 8.12. The number of carbonyl (C=O) groups is 1. The summed E-state index contributed by atoms with van der Waals surface area (Å²) in [5, 5.41) is 3.50. The zero-order chi connectivity index (χ0) is 18.0. The second-order valence-corrected chi connectivity index (χ2v) is 7.21. The Balaban J connectivity index is 1.81. The van der Waals surface area contributed by atoms with E-state index in [0.717, 1.165) is 15.7 Å². The highest BCUT2D eigenvalue weighted by Crippen LogP contribution is 2.19. The van der Waals surface area contributed by atoms with Gasteiger partial charge in [0.25, 0.3) is 0 Å². The number of benzene rings is 2. The van der Waals surface area contributed by atoms with Gasteiger partial charge in [-0.3, -0.25) is 9.59 Å². The number of nitrogens with zero attached hydrogens (tertiary/aromatic N) is 1. The number of hydrogen-bond donors (Lipinski definition) is 1. The summed E-state index contributed by atoms with van der Waals surface area (Å²) < 4.78 is 2.64. The molecule has 0 saturated heterocycles. The van der Waals surface area contributed by atoms with Gasteiger partial charge in [-0.1, -0.05) is 41.9 Å². The Morgan fingerprint density at radius 2 is 1.84 bits per heavy atom. The van der Waals surface area contributed by atoms with Gasteiger partial charge in [0, 0.05) is 27.8 Å². The van der Waals surface area contributed by atoms with Crippen LogP contribution in [-0.4, -0.2) is 10.5 Å². The average Bonchev–Trinajstić information content (AvgIpc) is 2.58. The molecule has 1 heterocycles. The largest absolute Gasteiger partial charge is 0.338 e. The molecule has 3 aromatic rings. The first kappa shape index (κ1) is 17.4. The summed E-state index contributed by atoms with van der Waals surface area (Å²) in [6.45, 7) is 4.40. The van der Waals surface area contributed by atoms with Gasteiger partial charge in [-0.05, 0) is 41.8 Å². The van der Waals surface area contributed by atoms with Crippen molar-refractivity contribution in [2.45, 2.75) is 26.3 Å². The van der Waals surface area contributed by atoms with Crippen LogP contribution in [0.15, 0.2) is 64.0 Å². The molecule has 3 rings (SSSR count). The lowest BCUT2D eigenvalue weighted by atomic mass is 10.0. The van der Waals surface area contributed by atoms with Crippen molar-refractivity contribution in [3.8, 4) is 0 Å². The highest BCUT2D eigenvalue weighted by atomic mass is 79.9. The number of rotatable bonds is 4. The first-order chi connectivity index (χ1) is 11.9. The molecule has 2 aromatic carbocycles. The maximum atomic E-state index is 12.4. The highest BCUT2D eigenvalue weighted by Gasteiger charge is 2.08. The quantitative estimate of drug-likeness (QED) is 0.701. The zero-order valence-corrected chi connectivity index (χ0v) is 15.7. The van der Waals surface area contributed by atoms with E-state index >= 15 is 0 Å². The summed E-state index contributed by atoms with van der Waals surface area (Å²) in [5.41, 5.74) is 2.67. The van der Waals surface area contributed by atoms with Gasteiger partial charge >= 0.3 is 0 Å². The average molecular weight is 399 g/mol. The number of fused-ring (bicyclic) bond motifs is 1. The van der Waals surface area contributed by atoms with Crippen molar-refractivity contribution in [1.29, 1.82) is 0 Å². The van der Waals surface area contributed by atoms with Crippen molar-refractivity contribution >= 4 is 38.4 Å². The van der Waals surface area contributed by atoms with Crippen molar-refractivity contribution < 1.29 is 4.79 Å². The topological polar surface area (TPSA) is 51.1 Å². The molecule has 1 amide bonds. The molecule has 1 N–H and O–H groups in total. The Morgan fingerprint density at radius 3 is 2.52 bits per heavy atom. The number of aromatic nitrogens is 1. The summed E-state index contributed by atoms with van der Waals surface area (Å²) in [4.78, 5) is 24.4. The minimum absolute atomic E-state index is 0.0524. The van der Waals surface area contributed by atoms with Crippen LogP contribution in [0.2, 0.25) is 0 Å². The van der Waals surface area contributed by atoms with Crippen molar-refractivity contribution in [2.75, 3.05) is 5.32 Å². The maximum Gasteiger partial charge on any atom is 0.244 e. The van der Waals surface area contributed by atoms with Gasteiger partial charge in [0.15, 0.2) is 5.43 Å². The van der Waals surface area contributed by atoms with E-state index in [0.29, 0.717) is 11.3 Å². The van der Waals surface area contributed by atoms with Gasteiger partial charge in [0.05, 0.1) is 5.52 Å². The predicted molar refractivity (Wildman–Crippen MR) is 105 cm³/mol. The van der Waals surface area contributed by atoms with Crippen LogP contribution in [0, 0.1) is 0 Å². The third kappa shape index (κ3) is 3.99. The van der Waals surface area contributed by atoms with E-state index < -0.39 is 0 Å². The van der Waals surface area contributed by atoms with Crippen LogP contribution in [0.4, 0.5) is 5.69 Å². The SMILES string of the molecule is CC(C)c1ccc(NC(=O)Cn2ccc(=O)c3ccc(Br)cc32)cc1. The van der Waals surface area contributed by atoms with Gasteiger partial charge in [0.1, 0.15) is 6.54 Å². The third-order valence-corrected chi connectivity index (χ3v) is 4.61. The molecule has 0 radical (unpaired) electrons.